The van der Waals surface area contributed by atoms with Gasteiger partial charge in [0.05, 0.1) is 11.3 Å². The summed E-state index contributed by atoms with van der Waals surface area (Å²) in [6.07, 6.45) is 3.64. The van der Waals surface area contributed by atoms with Gasteiger partial charge in [-0.3, -0.25) is 19.1 Å². The number of ether oxygens (including phenoxy) is 1. The van der Waals surface area contributed by atoms with Gasteiger partial charge >= 0.3 is 0 Å². The van der Waals surface area contributed by atoms with Crippen molar-refractivity contribution in [3.8, 4) is 0 Å². The summed E-state index contributed by atoms with van der Waals surface area (Å²) in [5, 5.41) is 7.41. The molecule has 1 aromatic heterocycles. The number of likely N-dealkylation sites (tertiary alicyclic amines) is 1. The molecular formula is C21H32N4O4. The lowest BCUT2D eigenvalue weighted by molar-refractivity contribution is -0.133. The Morgan fingerprint density at radius 1 is 1.17 bits per heavy atom. The quantitative estimate of drug-likeness (QED) is 0.697. The molecule has 8 heteroatoms. The highest BCUT2D eigenvalue weighted by Gasteiger charge is 2.26. The number of carbonyl (C=O) groups excluding carboxylic acids is 3. The van der Waals surface area contributed by atoms with E-state index in [9.17, 15) is 14.4 Å². The number of aromatic nitrogens is 2. The van der Waals surface area contributed by atoms with E-state index in [1.54, 1.807) is 11.6 Å². The van der Waals surface area contributed by atoms with Crippen LogP contribution in [0.15, 0.2) is 0 Å². The molecule has 1 atom stereocenters. The molecule has 0 spiro atoms. The van der Waals surface area contributed by atoms with E-state index in [0.29, 0.717) is 43.3 Å². The lowest BCUT2D eigenvalue weighted by Gasteiger charge is -2.32. The maximum Gasteiger partial charge on any atom is 0.249 e. The van der Waals surface area contributed by atoms with E-state index < -0.39 is 0 Å². The van der Waals surface area contributed by atoms with Gasteiger partial charge in [-0.1, -0.05) is 0 Å². The van der Waals surface area contributed by atoms with Crippen molar-refractivity contribution in [1.29, 1.82) is 0 Å². The Bertz CT molecular complexity index is 759. The van der Waals surface area contributed by atoms with Gasteiger partial charge < -0.3 is 15.0 Å². The third-order valence-electron chi connectivity index (χ3n) is 6.03. The van der Waals surface area contributed by atoms with Crippen LogP contribution in [0.25, 0.3) is 0 Å². The lowest BCUT2D eigenvalue weighted by Crippen LogP contribution is -2.43. The highest BCUT2D eigenvalue weighted by molar-refractivity contribution is 5.96. The fourth-order valence-corrected chi connectivity index (χ4v) is 4.31. The molecule has 0 aromatic carbocycles. The van der Waals surface area contributed by atoms with Crippen molar-refractivity contribution < 1.29 is 19.1 Å². The summed E-state index contributed by atoms with van der Waals surface area (Å²) < 4.78 is 7.17. The Hall–Kier alpha value is -2.22. The number of hydrogen-bond acceptors (Lipinski definition) is 5. The molecule has 8 nitrogen and oxygen atoms in total. The first-order valence-electron chi connectivity index (χ1n) is 10.6. The van der Waals surface area contributed by atoms with E-state index in [-0.39, 0.29) is 23.7 Å². The van der Waals surface area contributed by atoms with E-state index in [0.717, 1.165) is 44.5 Å². The molecule has 0 aliphatic carbocycles. The monoisotopic (exact) mass is 404 g/mol. The molecule has 0 bridgehead atoms. The first-order chi connectivity index (χ1) is 13.9. The van der Waals surface area contributed by atoms with Crippen LogP contribution in [-0.4, -0.2) is 64.6 Å². The van der Waals surface area contributed by atoms with Crippen molar-refractivity contribution in [2.45, 2.75) is 65.5 Å². The molecule has 2 saturated heterocycles. The number of nitrogens with one attached hydrogen (secondary N) is 1. The van der Waals surface area contributed by atoms with Gasteiger partial charge in [0.1, 0.15) is 6.10 Å². The molecule has 0 unspecified atom stereocenters. The van der Waals surface area contributed by atoms with Crippen LogP contribution >= 0.6 is 0 Å². The zero-order valence-corrected chi connectivity index (χ0v) is 17.7. The van der Waals surface area contributed by atoms with Crippen LogP contribution in [0.1, 0.15) is 60.8 Å². The minimum absolute atomic E-state index is 0.00387. The topological polar surface area (TPSA) is 93.5 Å². The van der Waals surface area contributed by atoms with E-state index in [1.165, 1.54) is 0 Å². The molecule has 2 amide bonds. The second kappa shape index (κ2) is 9.52. The third kappa shape index (κ3) is 5.23. The molecule has 0 radical (unpaired) electrons. The zero-order valence-electron chi connectivity index (χ0n) is 17.7. The number of Topliss-reactive ketones (excluding diaryl/α,β-unsaturated/α-hetero) is 1. The maximum absolute atomic E-state index is 12.6. The summed E-state index contributed by atoms with van der Waals surface area (Å²) in [5.41, 5.74) is 2.19. The largest absolute Gasteiger partial charge is 0.368 e. The van der Waals surface area contributed by atoms with E-state index in [1.807, 2.05) is 18.7 Å². The van der Waals surface area contributed by atoms with Gasteiger partial charge in [0, 0.05) is 44.9 Å². The fourth-order valence-electron chi connectivity index (χ4n) is 4.31. The Morgan fingerprint density at radius 2 is 1.90 bits per heavy atom. The molecule has 2 aliphatic rings. The number of piperidine rings is 1. The minimum atomic E-state index is -0.283. The van der Waals surface area contributed by atoms with Gasteiger partial charge in [-0.2, -0.15) is 5.10 Å². The normalized spacial score (nSPS) is 20.1. The Kier molecular flexibility index (Phi) is 7.05. The lowest BCUT2D eigenvalue weighted by atomic mass is 9.96. The van der Waals surface area contributed by atoms with Crippen LogP contribution in [0.4, 0.5) is 0 Å². The third-order valence-corrected chi connectivity index (χ3v) is 6.03. The molecule has 1 N–H and O–H groups in total. The highest BCUT2D eigenvalue weighted by atomic mass is 16.5. The first kappa shape index (κ1) is 21.5. The summed E-state index contributed by atoms with van der Waals surface area (Å²) in [6, 6.07) is 0. The summed E-state index contributed by atoms with van der Waals surface area (Å²) in [4.78, 5) is 38.3. The maximum atomic E-state index is 12.6. The van der Waals surface area contributed by atoms with Crippen LogP contribution in [0, 0.1) is 19.8 Å². The number of ketones is 1. The minimum Gasteiger partial charge on any atom is -0.368 e. The molecule has 0 saturated carbocycles. The molecule has 3 heterocycles. The molecule has 2 fully saturated rings. The Balaban J connectivity index is 1.40. The molecular weight excluding hydrogens is 372 g/mol. The summed E-state index contributed by atoms with van der Waals surface area (Å²) >= 11 is 0. The second-order valence-electron chi connectivity index (χ2n) is 8.15. The van der Waals surface area contributed by atoms with Gasteiger partial charge in [0.2, 0.25) is 11.8 Å². The Labute approximate surface area is 172 Å². The van der Waals surface area contributed by atoms with Crippen molar-refractivity contribution in [3.05, 3.63) is 17.0 Å². The smallest absolute Gasteiger partial charge is 0.249 e. The SMILES string of the molecule is CC(=O)c1c(C)nn(CCC(=O)N2CCC(CNC(=O)[C@@H]3CCCO3)CC2)c1C. The zero-order chi connectivity index (χ0) is 21.0. The molecule has 3 rings (SSSR count). The van der Waals surface area contributed by atoms with Crippen LogP contribution in [-0.2, 0) is 20.9 Å². The number of hydrogen-bond donors (Lipinski definition) is 1. The second-order valence-corrected chi connectivity index (χ2v) is 8.15. The first-order valence-corrected chi connectivity index (χ1v) is 10.6. The van der Waals surface area contributed by atoms with E-state index in [2.05, 4.69) is 10.4 Å². The van der Waals surface area contributed by atoms with Crippen molar-refractivity contribution in [3.63, 3.8) is 0 Å². The van der Waals surface area contributed by atoms with Crippen LogP contribution in [0.5, 0.6) is 0 Å². The predicted molar refractivity (Wildman–Crippen MR) is 108 cm³/mol. The van der Waals surface area contributed by atoms with Gasteiger partial charge in [-0.25, -0.2) is 0 Å². The van der Waals surface area contributed by atoms with Gasteiger partial charge in [0.15, 0.2) is 5.78 Å². The average Bonchev–Trinajstić information content (AvgIpc) is 3.32. The van der Waals surface area contributed by atoms with E-state index >= 15 is 0 Å². The molecule has 2 aliphatic heterocycles. The highest BCUT2D eigenvalue weighted by Crippen LogP contribution is 2.19. The number of amides is 2. The van der Waals surface area contributed by atoms with Crippen LogP contribution in [0.3, 0.4) is 0 Å². The molecule has 1 aromatic rings. The van der Waals surface area contributed by atoms with Gasteiger partial charge in [-0.05, 0) is 52.4 Å². The number of nitrogens with zero attached hydrogens (tertiary/aromatic N) is 3. The molecule has 160 valence electrons. The van der Waals surface area contributed by atoms with Crippen molar-refractivity contribution in [2.75, 3.05) is 26.2 Å². The molecule has 29 heavy (non-hydrogen) atoms. The van der Waals surface area contributed by atoms with E-state index in [4.69, 9.17) is 4.74 Å². The predicted octanol–water partition coefficient (Wildman–Crippen LogP) is 1.63. The van der Waals surface area contributed by atoms with Gasteiger partial charge in [0.25, 0.3) is 0 Å². The van der Waals surface area contributed by atoms with Crippen LogP contribution < -0.4 is 5.32 Å². The average molecular weight is 405 g/mol. The summed E-state index contributed by atoms with van der Waals surface area (Å²) in [5.74, 6) is 0.518. The summed E-state index contributed by atoms with van der Waals surface area (Å²) in [6.45, 7) is 8.48. The fraction of sp³-hybridized carbons (Fsp3) is 0.714. The van der Waals surface area contributed by atoms with Crippen molar-refractivity contribution in [2.24, 2.45) is 5.92 Å². The van der Waals surface area contributed by atoms with Crippen molar-refractivity contribution >= 4 is 17.6 Å². The van der Waals surface area contributed by atoms with Crippen molar-refractivity contribution in [1.82, 2.24) is 20.0 Å². The van der Waals surface area contributed by atoms with Gasteiger partial charge in [-0.15, -0.1) is 0 Å². The van der Waals surface area contributed by atoms with Crippen LogP contribution in [0.2, 0.25) is 0 Å². The number of carbonyl (C=O) groups is 3. The Morgan fingerprint density at radius 3 is 2.48 bits per heavy atom. The summed E-state index contributed by atoms with van der Waals surface area (Å²) in [7, 11) is 0. The number of rotatable bonds is 7. The standard InChI is InChI=1S/C21H32N4O4/c1-14-20(16(3)26)15(2)25(23-14)11-8-19(27)24-9-6-17(7-10-24)13-22-21(28)18-5-4-12-29-18/h17-18H,4-13H2,1-3H3,(H,22,28)/t18-/m0/s1. The number of aryl methyl sites for hydroxylation is 2.